The van der Waals surface area contributed by atoms with E-state index < -0.39 is 11.6 Å². The monoisotopic (exact) mass is 394 g/mol. The number of para-hydroxylation sites is 1. The van der Waals surface area contributed by atoms with Crippen LogP contribution in [0.2, 0.25) is 0 Å². The molecule has 1 aromatic carbocycles. The van der Waals surface area contributed by atoms with Crippen molar-refractivity contribution in [3.05, 3.63) is 58.0 Å². The van der Waals surface area contributed by atoms with Crippen LogP contribution in [0.5, 0.6) is 5.88 Å². The zero-order chi connectivity index (χ0) is 21.0. The number of benzene rings is 1. The van der Waals surface area contributed by atoms with Gasteiger partial charge in [-0.2, -0.15) is 0 Å². The third kappa shape index (κ3) is 3.99. The molecule has 0 saturated carbocycles. The molecule has 1 amide bonds. The van der Waals surface area contributed by atoms with E-state index in [0.29, 0.717) is 24.2 Å². The summed E-state index contributed by atoms with van der Waals surface area (Å²) < 4.78 is 6.83. The van der Waals surface area contributed by atoms with E-state index in [9.17, 15) is 9.59 Å². The molecule has 0 aliphatic heterocycles. The highest BCUT2D eigenvalue weighted by Gasteiger charge is 2.26. The molecular formula is C22H26N4O3. The van der Waals surface area contributed by atoms with Crippen molar-refractivity contribution in [1.29, 1.82) is 0 Å². The van der Waals surface area contributed by atoms with Crippen LogP contribution in [0.1, 0.15) is 44.4 Å². The standard InChI is InChI=1S/C22H26N4O3/c1-5-15-11-8-10-14(4)18(15)25-20(27)17(6-2)26-19-16(12-9-13-23-19)24-21(22(26)28)29-7-3/h8-13,17H,5-7H2,1-4H3,(H,25,27). The van der Waals surface area contributed by atoms with Crippen LogP contribution >= 0.6 is 0 Å². The van der Waals surface area contributed by atoms with Crippen molar-refractivity contribution in [2.45, 2.75) is 46.6 Å². The Hall–Kier alpha value is -3.22. The lowest BCUT2D eigenvalue weighted by Gasteiger charge is -2.21. The number of hydrogen-bond donors (Lipinski definition) is 1. The first-order chi connectivity index (χ1) is 14.0. The van der Waals surface area contributed by atoms with E-state index in [4.69, 9.17) is 4.74 Å². The van der Waals surface area contributed by atoms with Gasteiger partial charge in [-0.05, 0) is 49.9 Å². The molecule has 152 valence electrons. The summed E-state index contributed by atoms with van der Waals surface area (Å²) in [7, 11) is 0. The first kappa shape index (κ1) is 20.5. The summed E-state index contributed by atoms with van der Waals surface area (Å²) in [5, 5.41) is 3.03. The lowest BCUT2D eigenvalue weighted by Crippen LogP contribution is -2.35. The molecule has 3 aromatic rings. The zero-order valence-corrected chi connectivity index (χ0v) is 17.2. The average molecular weight is 394 g/mol. The normalized spacial score (nSPS) is 12.0. The number of hydrogen-bond acceptors (Lipinski definition) is 5. The van der Waals surface area contributed by atoms with Gasteiger partial charge in [0.2, 0.25) is 5.91 Å². The van der Waals surface area contributed by atoms with Gasteiger partial charge in [0.05, 0.1) is 6.61 Å². The SMILES string of the molecule is CCOc1nc2cccnc2n(C(CC)C(=O)Nc2c(C)cccc2CC)c1=O. The van der Waals surface area contributed by atoms with E-state index in [0.717, 1.165) is 23.2 Å². The summed E-state index contributed by atoms with van der Waals surface area (Å²) in [5.74, 6) is -0.288. The predicted octanol–water partition coefficient (Wildman–Crippen LogP) is 3.65. The summed E-state index contributed by atoms with van der Waals surface area (Å²) in [6.07, 6.45) is 2.80. The largest absolute Gasteiger partial charge is 0.474 e. The summed E-state index contributed by atoms with van der Waals surface area (Å²) in [4.78, 5) is 34.9. The number of pyridine rings is 1. The number of aromatic nitrogens is 3. The Morgan fingerprint density at radius 3 is 2.69 bits per heavy atom. The van der Waals surface area contributed by atoms with Crippen molar-refractivity contribution < 1.29 is 9.53 Å². The van der Waals surface area contributed by atoms with Crippen molar-refractivity contribution in [2.24, 2.45) is 0 Å². The predicted molar refractivity (Wildman–Crippen MR) is 113 cm³/mol. The highest BCUT2D eigenvalue weighted by atomic mass is 16.5. The van der Waals surface area contributed by atoms with Gasteiger partial charge in [0, 0.05) is 11.9 Å². The topological polar surface area (TPSA) is 86.1 Å². The van der Waals surface area contributed by atoms with Gasteiger partial charge in [-0.3, -0.25) is 14.2 Å². The maximum Gasteiger partial charge on any atom is 0.315 e. The molecule has 0 fully saturated rings. The molecule has 0 aliphatic carbocycles. The molecule has 1 unspecified atom stereocenters. The number of nitrogens with zero attached hydrogens (tertiary/aromatic N) is 3. The van der Waals surface area contributed by atoms with Gasteiger partial charge in [-0.1, -0.05) is 32.0 Å². The molecule has 2 heterocycles. The molecule has 7 nitrogen and oxygen atoms in total. The van der Waals surface area contributed by atoms with Crippen molar-refractivity contribution in [3.63, 3.8) is 0 Å². The summed E-state index contributed by atoms with van der Waals surface area (Å²) in [5.41, 5.74) is 3.24. The van der Waals surface area contributed by atoms with E-state index in [1.807, 2.05) is 39.0 Å². The number of anilines is 1. The third-order valence-electron chi connectivity index (χ3n) is 4.89. The van der Waals surface area contributed by atoms with E-state index >= 15 is 0 Å². The Bertz CT molecular complexity index is 1090. The number of fused-ring (bicyclic) bond motifs is 1. The number of aryl methyl sites for hydroxylation is 2. The molecule has 3 rings (SSSR count). The van der Waals surface area contributed by atoms with E-state index in [1.165, 1.54) is 4.57 Å². The lowest BCUT2D eigenvalue weighted by atomic mass is 10.0. The number of carbonyl (C=O) groups is 1. The highest BCUT2D eigenvalue weighted by molar-refractivity contribution is 5.95. The van der Waals surface area contributed by atoms with Crippen LogP contribution in [-0.4, -0.2) is 27.0 Å². The molecule has 0 bridgehead atoms. The number of carbonyl (C=O) groups excluding carboxylic acids is 1. The van der Waals surface area contributed by atoms with E-state index in [-0.39, 0.29) is 11.8 Å². The second-order valence-electron chi connectivity index (χ2n) is 6.75. The molecule has 0 aliphatic rings. The molecule has 0 spiro atoms. The fraction of sp³-hybridized carbons (Fsp3) is 0.364. The smallest absolute Gasteiger partial charge is 0.315 e. The molecular weight excluding hydrogens is 368 g/mol. The van der Waals surface area contributed by atoms with Crippen LogP contribution in [0.15, 0.2) is 41.3 Å². The fourth-order valence-corrected chi connectivity index (χ4v) is 3.43. The van der Waals surface area contributed by atoms with E-state index in [1.54, 1.807) is 25.3 Å². The van der Waals surface area contributed by atoms with Gasteiger partial charge in [0.1, 0.15) is 11.6 Å². The Morgan fingerprint density at radius 2 is 2.00 bits per heavy atom. The van der Waals surface area contributed by atoms with Crippen molar-refractivity contribution in [1.82, 2.24) is 14.5 Å². The average Bonchev–Trinajstić information content (AvgIpc) is 2.72. The minimum absolute atomic E-state index is 0.0237. The number of nitrogens with one attached hydrogen (secondary N) is 1. The Morgan fingerprint density at radius 1 is 1.21 bits per heavy atom. The van der Waals surface area contributed by atoms with Crippen molar-refractivity contribution >= 4 is 22.8 Å². The number of ether oxygens (including phenoxy) is 1. The Kier molecular flexibility index (Phi) is 6.26. The van der Waals surface area contributed by atoms with Gasteiger partial charge in [-0.15, -0.1) is 0 Å². The van der Waals surface area contributed by atoms with Gasteiger partial charge in [-0.25, -0.2) is 9.97 Å². The minimum atomic E-state index is -0.744. The second kappa shape index (κ2) is 8.86. The first-order valence-electron chi connectivity index (χ1n) is 9.91. The highest BCUT2D eigenvalue weighted by Crippen LogP contribution is 2.24. The second-order valence-corrected chi connectivity index (χ2v) is 6.75. The van der Waals surface area contributed by atoms with Gasteiger partial charge < -0.3 is 10.1 Å². The molecule has 1 atom stereocenters. The maximum atomic E-state index is 13.3. The molecule has 29 heavy (non-hydrogen) atoms. The van der Waals surface area contributed by atoms with Crippen LogP contribution in [0.25, 0.3) is 11.2 Å². The van der Waals surface area contributed by atoms with Crippen molar-refractivity contribution in [2.75, 3.05) is 11.9 Å². The van der Waals surface area contributed by atoms with Gasteiger partial charge in [0.15, 0.2) is 5.65 Å². The summed E-state index contributed by atoms with van der Waals surface area (Å²) in [6.45, 7) is 7.96. The zero-order valence-electron chi connectivity index (χ0n) is 17.2. The Balaban J connectivity index is 2.11. The number of amides is 1. The van der Waals surface area contributed by atoms with Crippen LogP contribution in [0.4, 0.5) is 5.69 Å². The fourth-order valence-electron chi connectivity index (χ4n) is 3.43. The van der Waals surface area contributed by atoms with Crippen LogP contribution in [0.3, 0.4) is 0 Å². The van der Waals surface area contributed by atoms with Crippen LogP contribution in [0, 0.1) is 6.92 Å². The quantitative estimate of drug-likeness (QED) is 0.661. The summed E-state index contributed by atoms with van der Waals surface area (Å²) in [6, 6.07) is 8.67. The molecule has 0 radical (unpaired) electrons. The summed E-state index contributed by atoms with van der Waals surface area (Å²) >= 11 is 0. The molecule has 0 saturated heterocycles. The molecule has 2 aromatic heterocycles. The number of rotatable bonds is 7. The van der Waals surface area contributed by atoms with Crippen molar-refractivity contribution in [3.8, 4) is 5.88 Å². The van der Waals surface area contributed by atoms with Gasteiger partial charge in [0.25, 0.3) is 5.88 Å². The Labute approximate surface area is 169 Å². The lowest BCUT2D eigenvalue weighted by molar-refractivity contribution is -0.119. The van der Waals surface area contributed by atoms with E-state index in [2.05, 4.69) is 15.3 Å². The molecule has 1 N–H and O–H groups in total. The third-order valence-corrected chi connectivity index (χ3v) is 4.89. The van der Waals surface area contributed by atoms with Gasteiger partial charge >= 0.3 is 5.56 Å². The molecule has 7 heteroatoms. The first-order valence-corrected chi connectivity index (χ1v) is 9.91. The maximum absolute atomic E-state index is 13.3. The van der Waals surface area contributed by atoms with Crippen LogP contribution < -0.4 is 15.6 Å². The van der Waals surface area contributed by atoms with Crippen LogP contribution in [-0.2, 0) is 11.2 Å². The minimum Gasteiger partial charge on any atom is -0.474 e.